The predicted molar refractivity (Wildman–Crippen MR) is 81.5 cm³/mol. The lowest BCUT2D eigenvalue weighted by Gasteiger charge is -2.08. The summed E-state index contributed by atoms with van der Waals surface area (Å²) in [5.41, 5.74) is 2.09. The standard InChI is InChI=1S/C15H18N6/c1-12-10-15(20(2)19-12)21-11-17-18-14(21)8-9-16-13-6-4-3-5-7-13/h3-7,10-11,16H,8-9H2,1-2H3. The maximum atomic E-state index is 4.36. The van der Waals surface area contributed by atoms with Crippen molar-refractivity contribution in [3.63, 3.8) is 0 Å². The van der Waals surface area contributed by atoms with Crippen molar-refractivity contribution >= 4 is 5.69 Å². The number of hydrogen-bond acceptors (Lipinski definition) is 4. The van der Waals surface area contributed by atoms with E-state index < -0.39 is 0 Å². The lowest BCUT2D eigenvalue weighted by Crippen LogP contribution is -2.11. The number of para-hydroxylation sites is 1. The first kappa shape index (κ1) is 13.4. The Morgan fingerprint density at radius 1 is 1.19 bits per heavy atom. The molecule has 2 aromatic heterocycles. The van der Waals surface area contributed by atoms with E-state index in [9.17, 15) is 0 Å². The molecule has 3 rings (SSSR count). The second-order valence-electron chi connectivity index (χ2n) is 4.93. The summed E-state index contributed by atoms with van der Waals surface area (Å²) in [5.74, 6) is 1.90. The van der Waals surface area contributed by atoms with Crippen molar-refractivity contribution in [3.05, 3.63) is 54.2 Å². The van der Waals surface area contributed by atoms with Crippen molar-refractivity contribution < 1.29 is 0 Å². The molecule has 0 aliphatic carbocycles. The summed E-state index contributed by atoms with van der Waals surface area (Å²) < 4.78 is 3.82. The van der Waals surface area contributed by atoms with Gasteiger partial charge in [0.2, 0.25) is 0 Å². The molecule has 0 saturated heterocycles. The molecule has 21 heavy (non-hydrogen) atoms. The molecule has 1 aromatic carbocycles. The summed E-state index contributed by atoms with van der Waals surface area (Å²) >= 11 is 0. The van der Waals surface area contributed by atoms with Crippen LogP contribution < -0.4 is 5.32 Å². The summed E-state index contributed by atoms with van der Waals surface area (Å²) in [6.45, 7) is 2.78. The van der Waals surface area contributed by atoms with Crippen LogP contribution in [0.3, 0.4) is 0 Å². The summed E-state index contributed by atoms with van der Waals surface area (Å²) in [7, 11) is 1.92. The third-order valence-corrected chi connectivity index (χ3v) is 3.29. The van der Waals surface area contributed by atoms with Crippen LogP contribution in [-0.2, 0) is 13.5 Å². The van der Waals surface area contributed by atoms with Gasteiger partial charge in [0.1, 0.15) is 18.0 Å². The second-order valence-corrected chi connectivity index (χ2v) is 4.93. The molecule has 0 spiro atoms. The molecule has 0 aliphatic heterocycles. The molecular weight excluding hydrogens is 264 g/mol. The Balaban J connectivity index is 1.70. The van der Waals surface area contributed by atoms with Gasteiger partial charge in [-0.05, 0) is 19.1 Å². The van der Waals surface area contributed by atoms with Crippen LogP contribution in [0.5, 0.6) is 0 Å². The maximum Gasteiger partial charge on any atom is 0.140 e. The molecule has 0 fully saturated rings. The molecule has 0 amide bonds. The zero-order chi connectivity index (χ0) is 14.7. The predicted octanol–water partition coefficient (Wildman–Crippen LogP) is 1.96. The van der Waals surface area contributed by atoms with Crippen LogP contribution in [0.4, 0.5) is 5.69 Å². The summed E-state index contributed by atoms with van der Waals surface area (Å²) in [5, 5.41) is 16.0. The SMILES string of the molecule is Cc1cc(-n2cnnc2CCNc2ccccc2)n(C)n1. The lowest BCUT2D eigenvalue weighted by atomic mass is 10.3. The van der Waals surface area contributed by atoms with Crippen LogP contribution in [-0.4, -0.2) is 31.1 Å². The Labute approximate surface area is 123 Å². The van der Waals surface area contributed by atoms with E-state index in [2.05, 4.69) is 32.7 Å². The third kappa shape index (κ3) is 2.94. The molecule has 6 heteroatoms. The first-order chi connectivity index (χ1) is 10.2. The van der Waals surface area contributed by atoms with E-state index in [1.165, 1.54) is 0 Å². The number of rotatable bonds is 5. The van der Waals surface area contributed by atoms with Crippen molar-refractivity contribution in [2.24, 2.45) is 7.05 Å². The first-order valence-corrected chi connectivity index (χ1v) is 6.93. The second kappa shape index (κ2) is 5.78. The molecule has 0 aliphatic rings. The van der Waals surface area contributed by atoms with Crippen molar-refractivity contribution in [1.82, 2.24) is 24.5 Å². The molecule has 1 N–H and O–H groups in total. The highest BCUT2D eigenvalue weighted by Gasteiger charge is 2.10. The fourth-order valence-electron chi connectivity index (χ4n) is 2.32. The molecule has 108 valence electrons. The van der Waals surface area contributed by atoms with Gasteiger partial charge >= 0.3 is 0 Å². The van der Waals surface area contributed by atoms with E-state index in [4.69, 9.17) is 0 Å². The van der Waals surface area contributed by atoms with Gasteiger partial charge in [0.05, 0.1) is 5.69 Å². The molecule has 6 nitrogen and oxygen atoms in total. The van der Waals surface area contributed by atoms with E-state index in [-0.39, 0.29) is 0 Å². The number of hydrogen-bond donors (Lipinski definition) is 1. The Morgan fingerprint density at radius 2 is 2.00 bits per heavy atom. The van der Waals surface area contributed by atoms with Crippen molar-refractivity contribution in [3.8, 4) is 5.82 Å². The van der Waals surface area contributed by atoms with Crippen LogP contribution >= 0.6 is 0 Å². The molecule has 0 unspecified atom stereocenters. The van der Waals surface area contributed by atoms with Crippen molar-refractivity contribution in [2.45, 2.75) is 13.3 Å². The van der Waals surface area contributed by atoms with Crippen LogP contribution in [0.15, 0.2) is 42.7 Å². The van der Waals surface area contributed by atoms with Crippen LogP contribution in [0, 0.1) is 6.92 Å². The van der Waals surface area contributed by atoms with Crippen LogP contribution in [0.2, 0.25) is 0 Å². The largest absolute Gasteiger partial charge is 0.385 e. The molecule has 0 bridgehead atoms. The normalized spacial score (nSPS) is 10.8. The minimum atomic E-state index is 0.791. The van der Waals surface area contributed by atoms with E-state index in [1.54, 1.807) is 6.33 Å². The fourth-order valence-corrected chi connectivity index (χ4v) is 2.32. The highest BCUT2D eigenvalue weighted by Crippen LogP contribution is 2.11. The quantitative estimate of drug-likeness (QED) is 0.777. The van der Waals surface area contributed by atoms with Crippen molar-refractivity contribution in [2.75, 3.05) is 11.9 Å². The van der Waals surface area contributed by atoms with Gasteiger partial charge in [0, 0.05) is 31.8 Å². The van der Waals surface area contributed by atoms with Gasteiger partial charge in [-0.2, -0.15) is 5.10 Å². The third-order valence-electron chi connectivity index (χ3n) is 3.29. The first-order valence-electron chi connectivity index (χ1n) is 6.93. The van der Waals surface area contributed by atoms with E-state index in [0.29, 0.717) is 0 Å². The molecular formula is C15H18N6. The Bertz CT molecular complexity index is 713. The zero-order valence-corrected chi connectivity index (χ0v) is 12.2. The highest BCUT2D eigenvalue weighted by molar-refractivity contribution is 5.42. The van der Waals surface area contributed by atoms with Crippen LogP contribution in [0.25, 0.3) is 5.82 Å². The average Bonchev–Trinajstić information content (AvgIpc) is 3.06. The minimum absolute atomic E-state index is 0.791. The monoisotopic (exact) mass is 282 g/mol. The maximum absolute atomic E-state index is 4.36. The summed E-state index contributed by atoms with van der Waals surface area (Å²) in [4.78, 5) is 0. The van der Waals surface area contributed by atoms with E-state index in [0.717, 1.165) is 36.0 Å². The van der Waals surface area contributed by atoms with Gasteiger partial charge in [-0.15, -0.1) is 10.2 Å². The zero-order valence-electron chi connectivity index (χ0n) is 12.2. The van der Waals surface area contributed by atoms with Gasteiger partial charge in [-0.3, -0.25) is 9.25 Å². The number of anilines is 1. The number of nitrogens with one attached hydrogen (secondary N) is 1. The Kier molecular flexibility index (Phi) is 3.68. The summed E-state index contributed by atoms with van der Waals surface area (Å²) in [6, 6.07) is 12.2. The van der Waals surface area contributed by atoms with E-state index in [1.807, 2.05) is 47.5 Å². The number of aryl methyl sites for hydroxylation is 2. The fraction of sp³-hybridized carbons (Fsp3) is 0.267. The van der Waals surface area contributed by atoms with Gasteiger partial charge in [-0.1, -0.05) is 18.2 Å². The van der Waals surface area contributed by atoms with Gasteiger partial charge in [0.15, 0.2) is 0 Å². The van der Waals surface area contributed by atoms with Crippen LogP contribution in [0.1, 0.15) is 11.5 Å². The topological polar surface area (TPSA) is 60.6 Å². The van der Waals surface area contributed by atoms with Gasteiger partial charge in [0.25, 0.3) is 0 Å². The summed E-state index contributed by atoms with van der Waals surface area (Å²) in [6.07, 6.45) is 2.52. The lowest BCUT2D eigenvalue weighted by molar-refractivity contribution is 0.706. The minimum Gasteiger partial charge on any atom is -0.385 e. The van der Waals surface area contributed by atoms with Gasteiger partial charge < -0.3 is 5.32 Å². The van der Waals surface area contributed by atoms with E-state index >= 15 is 0 Å². The highest BCUT2D eigenvalue weighted by atomic mass is 15.4. The number of nitrogens with zero attached hydrogens (tertiary/aromatic N) is 5. The van der Waals surface area contributed by atoms with Gasteiger partial charge in [-0.25, -0.2) is 0 Å². The number of benzene rings is 1. The molecule has 3 aromatic rings. The average molecular weight is 282 g/mol. The smallest absolute Gasteiger partial charge is 0.140 e. The molecule has 0 saturated carbocycles. The Morgan fingerprint density at radius 3 is 2.71 bits per heavy atom. The van der Waals surface area contributed by atoms with Crippen molar-refractivity contribution in [1.29, 1.82) is 0 Å². The molecule has 2 heterocycles. The Hall–Kier alpha value is -2.63. The molecule has 0 atom stereocenters. The molecule has 0 radical (unpaired) electrons. The number of aromatic nitrogens is 5.